The highest BCUT2D eigenvalue weighted by atomic mass is 16.4. The maximum absolute atomic E-state index is 12.8. The third kappa shape index (κ3) is 3.43. The van der Waals surface area contributed by atoms with Gasteiger partial charge in [-0.1, -0.05) is 30.3 Å². The van der Waals surface area contributed by atoms with Gasteiger partial charge in [-0.2, -0.15) is 0 Å². The average molecular weight is 380 g/mol. The van der Waals surface area contributed by atoms with Gasteiger partial charge in [0.15, 0.2) is 5.58 Å². The third-order valence-electron chi connectivity index (χ3n) is 6.07. The van der Waals surface area contributed by atoms with Crippen LogP contribution >= 0.6 is 0 Å². The summed E-state index contributed by atoms with van der Waals surface area (Å²) in [7, 11) is 0. The van der Waals surface area contributed by atoms with Crippen LogP contribution in [0.4, 0.5) is 0 Å². The minimum atomic E-state index is -0.349. The summed E-state index contributed by atoms with van der Waals surface area (Å²) in [6, 6.07) is 13.2. The fraction of sp³-hybridized carbons (Fsp3) is 0.348. The lowest BCUT2D eigenvalue weighted by atomic mass is 9.98. The van der Waals surface area contributed by atoms with Crippen molar-refractivity contribution in [3.8, 4) is 16.9 Å². The highest BCUT2D eigenvalue weighted by Crippen LogP contribution is 2.31. The van der Waals surface area contributed by atoms with Crippen LogP contribution in [0, 0.1) is 6.92 Å². The van der Waals surface area contributed by atoms with Crippen molar-refractivity contribution < 1.29 is 19.3 Å². The van der Waals surface area contributed by atoms with Crippen LogP contribution in [0.1, 0.15) is 18.1 Å². The summed E-state index contributed by atoms with van der Waals surface area (Å²) < 4.78 is 5.79. The van der Waals surface area contributed by atoms with E-state index in [-0.39, 0.29) is 11.4 Å². The van der Waals surface area contributed by atoms with Crippen molar-refractivity contribution in [1.29, 1.82) is 0 Å². The van der Waals surface area contributed by atoms with Crippen LogP contribution in [0.3, 0.4) is 0 Å². The first-order valence-electron chi connectivity index (χ1n) is 10.1. The Morgan fingerprint density at radius 3 is 2.36 bits per heavy atom. The summed E-state index contributed by atoms with van der Waals surface area (Å²) in [4.78, 5) is 15.9. The number of hydrogen-bond donors (Lipinski definition) is 3. The number of fused-ring (bicyclic) bond motifs is 1. The molecule has 0 unspecified atom stereocenters. The minimum Gasteiger partial charge on any atom is -0.507 e. The van der Waals surface area contributed by atoms with Gasteiger partial charge >= 0.3 is 5.63 Å². The largest absolute Gasteiger partial charge is 0.507 e. The van der Waals surface area contributed by atoms with Crippen LogP contribution in [0.15, 0.2) is 51.7 Å². The molecule has 0 amide bonds. The molecule has 1 aliphatic heterocycles. The number of phenols is 1. The Balaban J connectivity index is 1.76. The second kappa shape index (κ2) is 7.78. The molecule has 146 valence electrons. The third-order valence-corrected chi connectivity index (χ3v) is 6.07. The average Bonchev–Trinajstić information content (AvgIpc) is 2.71. The van der Waals surface area contributed by atoms with Crippen LogP contribution < -0.4 is 15.4 Å². The number of rotatable bonds is 4. The Hall–Kier alpha value is -2.63. The van der Waals surface area contributed by atoms with E-state index in [1.807, 2.05) is 43.3 Å². The molecule has 5 heteroatoms. The van der Waals surface area contributed by atoms with Gasteiger partial charge in [-0.3, -0.25) is 0 Å². The van der Waals surface area contributed by atoms with E-state index in [2.05, 4.69) is 6.92 Å². The molecule has 4 rings (SSSR count). The summed E-state index contributed by atoms with van der Waals surface area (Å²) in [5.74, 6) is 0.209. The summed E-state index contributed by atoms with van der Waals surface area (Å²) >= 11 is 0. The number of aryl methyl sites for hydroxylation is 1. The number of hydrogen-bond acceptors (Lipinski definition) is 3. The number of aromatic hydroxyl groups is 1. The van der Waals surface area contributed by atoms with Crippen molar-refractivity contribution in [2.75, 3.05) is 32.7 Å². The Morgan fingerprint density at radius 1 is 1.00 bits per heavy atom. The van der Waals surface area contributed by atoms with E-state index < -0.39 is 0 Å². The van der Waals surface area contributed by atoms with Gasteiger partial charge in [-0.15, -0.1) is 0 Å². The molecule has 3 N–H and O–H groups in total. The number of benzene rings is 2. The topological polar surface area (TPSA) is 59.3 Å². The molecule has 1 fully saturated rings. The maximum atomic E-state index is 12.8. The Labute approximate surface area is 164 Å². The molecular weight excluding hydrogens is 352 g/mol. The van der Waals surface area contributed by atoms with Crippen LogP contribution in [-0.2, 0) is 6.54 Å². The molecule has 3 aromatic rings. The van der Waals surface area contributed by atoms with Gasteiger partial charge in [0.25, 0.3) is 0 Å². The van der Waals surface area contributed by atoms with Gasteiger partial charge < -0.3 is 19.3 Å². The zero-order valence-corrected chi connectivity index (χ0v) is 16.5. The molecule has 0 saturated carbocycles. The fourth-order valence-corrected chi connectivity index (χ4v) is 4.31. The van der Waals surface area contributed by atoms with Crippen LogP contribution in [0.2, 0.25) is 0 Å². The summed E-state index contributed by atoms with van der Waals surface area (Å²) in [6.45, 7) is 10.4. The van der Waals surface area contributed by atoms with Crippen molar-refractivity contribution in [2.45, 2.75) is 20.4 Å². The van der Waals surface area contributed by atoms with E-state index in [9.17, 15) is 9.90 Å². The van der Waals surface area contributed by atoms with Gasteiger partial charge in [-0.05, 0) is 37.1 Å². The fourth-order valence-electron chi connectivity index (χ4n) is 4.31. The van der Waals surface area contributed by atoms with E-state index >= 15 is 0 Å². The van der Waals surface area contributed by atoms with Crippen molar-refractivity contribution in [1.82, 2.24) is 0 Å². The van der Waals surface area contributed by atoms with E-state index in [0.29, 0.717) is 17.7 Å². The first-order valence-corrected chi connectivity index (χ1v) is 10.1. The molecule has 1 saturated heterocycles. The van der Waals surface area contributed by atoms with Gasteiger partial charge in [-0.25, -0.2) is 4.79 Å². The number of phenolic OH excluding ortho intramolecular Hbond substituents is 1. The van der Waals surface area contributed by atoms with Crippen LogP contribution in [0.5, 0.6) is 5.75 Å². The monoisotopic (exact) mass is 380 g/mol. The Kier molecular flexibility index (Phi) is 5.20. The highest BCUT2D eigenvalue weighted by Gasteiger charge is 2.25. The van der Waals surface area contributed by atoms with Crippen LogP contribution in [-0.4, -0.2) is 37.8 Å². The predicted molar refractivity (Wildman–Crippen MR) is 110 cm³/mol. The molecule has 2 aromatic carbocycles. The molecule has 0 aliphatic carbocycles. The maximum Gasteiger partial charge on any atom is 0.344 e. The first-order chi connectivity index (χ1) is 13.6. The van der Waals surface area contributed by atoms with Gasteiger partial charge in [0.2, 0.25) is 0 Å². The molecule has 28 heavy (non-hydrogen) atoms. The number of nitrogens with one attached hydrogen (secondary N) is 2. The predicted octanol–water partition coefficient (Wildman–Crippen LogP) is 0.777. The van der Waals surface area contributed by atoms with Gasteiger partial charge in [0.05, 0.1) is 17.7 Å². The normalized spacial score (nSPS) is 19.8. The zero-order valence-electron chi connectivity index (χ0n) is 16.5. The Bertz CT molecular complexity index is 1040. The Morgan fingerprint density at radius 2 is 1.68 bits per heavy atom. The molecule has 0 spiro atoms. The second-order valence-electron chi connectivity index (χ2n) is 7.73. The van der Waals surface area contributed by atoms with E-state index in [1.54, 1.807) is 11.0 Å². The van der Waals surface area contributed by atoms with Gasteiger partial charge in [0.1, 0.15) is 38.5 Å². The molecule has 1 aromatic heterocycles. The summed E-state index contributed by atoms with van der Waals surface area (Å²) in [6.07, 6.45) is 0. The standard InChI is InChI=1S/C23H26N2O3/c1-3-24-11-13-25(14-12-24)15-19-20(26)10-9-18-16(2)21(23(27)28-22(18)19)17-7-5-4-6-8-17/h4-10,26H,3,11-15H2,1-2H3/p+2. The molecule has 2 heterocycles. The molecule has 1 aliphatic rings. The van der Waals surface area contributed by atoms with Crippen molar-refractivity contribution in [3.63, 3.8) is 0 Å². The van der Waals surface area contributed by atoms with Crippen molar-refractivity contribution in [3.05, 3.63) is 64.0 Å². The summed E-state index contributed by atoms with van der Waals surface area (Å²) in [5, 5.41) is 11.4. The van der Waals surface area contributed by atoms with Crippen LogP contribution in [0.25, 0.3) is 22.1 Å². The number of likely N-dealkylation sites (N-methyl/N-ethyl adjacent to an activating group) is 1. The van der Waals surface area contributed by atoms with E-state index in [1.165, 1.54) is 4.90 Å². The second-order valence-corrected chi connectivity index (χ2v) is 7.73. The van der Waals surface area contributed by atoms with Crippen molar-refractivity contribution >= 4 is 11.0 Å². The quantitative estimate of drug-likeness (QED) is 0.586. The SMILES string of the molecule is CC[NH+]1CC[NH+](Cc2c(O)ccc3c(C)c(-c4ccccc4)c(=O)oc23)CC1. The molecule has 0 bridgehead atoms. The molecular formula is C23H28N2O3+2. The zero-order chi connectivity index (χ0) is 19.7. The lowest BCUT2D eigenvalue weighted by Crippen LogP contribution is -3.27. The van der Waals surface area contributed by atoms with E-state index in [4.69, 9.17) is 4.42 Å². The van der Waals surface area contributed by atoms with Crippen molar-refractivity contribution in [2.24, 2.45) is 0 Å². The van der Waals surface area contributed by atoms with Gasteiger partial charge in [0, 0.05) is 5.39 Å². The first kappa shape index (κ1) is 18.7. The molecule has 0 radical (unpaired) electrons. The molecule has 0 atom stereocenters. The lowest BCUT2D eigenvalue weighted by molar-refractivity contribution is -1.02. The van der Waals surface area contributed by atoms with E-state index in [0.717, 1.165) is 54.8 Å². The minimum absolute atomic E-state index is 0.209. The smallest absolute Gasteiger partial charge is 0.344 e. The number of piperazine rings is 1. The molecule has 5 nitrogen and oxygen atoms in total. The summed E-state index contributed by atoms with van der Waals surface area (Å²) in [5.41, 5.74) is 3.27. The number of quaternary nitrogens is 2. The lowest BCUT2D eigenvalue weighted by Gasteiger charge is -2.29. The highest BCUT2D eigenvalue weighted by molar-refractivity contribution is 5.89.